The normalized spacial score (nSPS) is 15.1. The number of rotatable bonds is 3. The van der Waals surface area contributed by atoms with Crippen LogP contribution in [-0.4, -0.2) is 29.8 Å². The van der Waals surface area contributed by atoms with Gasteiger partial charge in [-0.05, 0) is 63.8 Å². The molecule has 4 heteroatoms. The third-order valence-electron chi connectivity index (χ3n) is 4.26. The SMILES string of the molecule is Cc1ccc(NC(=O)C(C)(C)C(=O)N2CCCC2)cc1C. The Kier molecular flexibility index (Phi) is 4.35. The molecule has 1 aromatic rings. The van der Waals surface area contributed by atoms with E-state index in [1.54, 1.807) is 18.7 Å². The summed E-state index contributed by atoms with van der Waals surface area (Å²) in [6, 6.07) is 5.78. The fraction of sp³-hybridized carbons (Fsp3) is 0.529. The van der Waals surface area contributed by atoms with E-state index in [1.807, 2.05) is 32.0 Å². The van der Waals surface area contributed by atoms with Gasteiger partial charge < -0.3 is 10.2 Å². The Hall–Kier alpha value is -1.84. The first-order chi connectivity index (χ1) is 9.82. The molecule has 114 valence electrons. The topological polar surface area (TPSA) is 49.4 Å². The molecule has 2 rings (SSSR count). The van der Waals surface area contributed by atoms with Crippen molar-refractivity contribution >= 4 is 17.5 Å². The number of carbonyl (C=O) groups is 2. The molecule has 0 aromatic heterocycles. The van der Waals surface area contributed by atoms with Crippen molar-refractivity contribution < 1.29 is 9.59 Å². The van der Waals surface area contributed by atoms with Gasteiger partial charge in [-0.15, -0.1) is 0 Å². The Morgan fingerprint density at radius 1 is 1.10 bits per heavy atom. The fourth-order valence-corrected chi connectivity index (χ4v) is 2.52. The number of benzene rings is 1. The standard InChI is InChI=1S/C17H24N2O2/c1-12-7-8-14(11-13(12)2)18-15(20)17(3,4)16(21)19-9-5-6-10-19/h7-8,11H,5-6,9-10H2,1-4H3,(H,18,20). The maximum absolute atomic E-state index is 12.5. The molecule has 2 amide bonds. The largest absolute Gasteiger partial charge is 0.342 e. The van der Waals surface area contributed by atoms with Crippen molar-refractivity contribution in [2.75, 3.05) is 18.4 Å². The summed E-state index contributed by atoms with van der Waals surface area (Å²) in [6.45, 7) is 8.96. The van der Waals surface area contributed by atoms with Crippen LogP contribution >= 0.6 is 0 Å². The van der Waals surface area contributed by atoms with Gasteiger partial charge in [-0.25, -0.2) is 0 Å². The number of carbonyl (C=O) groups excluding carboxylic acids is 2. The first kappa shape index (κ1) is 15.5. The highest BCUT2D eigenvalue weighted by atomic mass is 16.2. The summed E-state index contributed by atoms with van der Waals surface area (Å²) < 4.78 is 0. The molecule has 0 aliphatic carbocycles. The van der Waals surface area contributed by atoms with Crippen LogP contribution in [0.4, 0.5) is 5.69 Å². The highest BCUT2D eigenvalue weighted by Crippen LogP contribution is 2.25. The lowest BCUT2D eigenvalue weighted by Gasteiger charge is -2.28. The first-order valence-electron chi connectivity index (χ1n) is 7.50. The molecule has 0 radical (unpaired) electrons. The van der Waals surface area contributed by atoms with Crippen LogP contribution in [0.15, 0.2) is 18.2 Å². The molecule has 1 fully saturated rings. The molecule has 0 atom stereocenters. The quantitative estimate of drug-likeness (QED) is 0.869. The van der Waals surface area contributed by atoms with E-state index in [1.165, 1.54) is 5.56 Å². The van der Waals surface area contributed by atoms with E-state index in [2.05, 4.69) is 5.32 Å². The second-order valence-electron chi connectivity index (χ2n) is 6.38. The van der Waals surface area contributed by atoms with Crippen LogP contribution in [0.1, 0.15) is 37.8 Å². The van der Waals surface area contributed by atoms with Gasteiger partial charge in [0.2, 0.25) is 11.8 Å². The van der Waals surface area contributed by atoms with Gasteiger partial charge in [0.25, 0.3) is 0 Å². The van der Waals surface area contributed by atoms with Gasteiger partial charge >= 0.3 is 0 Å². The highest BCUT2D eigenvalue weighted by Gasteiger charge is 2.39. The van der Waals surface area contributed by atoms with Gasteiger partial charge in [0.15, 0.2) is 0 Å². The fourth-order valence-electron chi connectivity index (χ4n) is 2.52. The number of amides is 2. The van der Waals surface area contributed by atoms with Crippen LogP contribution in [-0.2, 0) is 9.59 Å². The number of nitrogens with one attached hydrogen (secondary N) is 1. The predicted octanol–water partition coefficient (Wildman–Crippen LogP) is 2.89. The average Bonchev–Trinajstić information content (AvgIpc) is 2.95. The monoisotopic (exact) mass is 288 g/mol. The zero-order valence-electron chi connectivity index (χ0n) is 13.3. The minimum absolute atomic E-state index is 0.0821. The van der Waals surface area contributed by atoms with E-state index in [-0.39, 0.29) is 11.8 Å². The lowest BCUT2D eigenvalue weighted by Crippen LogP contribution is -2.46. The Labute approximate surface area is 126 Å². The summed E-state index contributed by atoms with van der Waals surface area (Å²) in [5.41, 5.74) is 2.01. The number of anilines is 1. The van der Waals surface area contributed by atoms with Gasteiger partial charge in [-0.3, -0.25) is 9.59 Å². The Bertz CT molecular complexity index is 558. The summed E-state index contributed by atoms with van der Waals surface area (Å²) >= 11 is 0. The molecule has 1 aliphatic rings. The molecule has 21 heavy (non-hydrogen) atoms. The number of aryl methyl sites for hydroxylation is 2. The molecule has 1 N–H and O–H groups in total. The van der Waals surface area contributed by atoms with Crippen molar-refractivity contribution in [3.05, 3.63) is 29.3 Å². The zero-order chi connectivity index (χ0) is 15.6. The van der Waals surface area contributed by atoms with Gasteiger partial charge in [0, 0.05) is 18.8 Å². The van der Waals surface area contributed by atoms with E-state index < -0.39 is 5.41 Å². The lowest BCUT2D eigenvalue weighted by molar-refractivity contribution is -0.145. The second-order valence-corrected chi connectivity index (χ2v) is 6.38. The third kappa shape index (κ3) is 3.26. The van der Waals surface area contributed by atoms with Crippen molar-refractivity contribution in [1.29, 1.82) is 0 Å². The van der Waals surface area contributed by atoms with E-state index in [0.29, 0.717) is 0 Å². The van der Waals surface area contributed by atoms with Crippen LogP contribution in [0.2, 0.25) is 0 Å². The number of hydrogen-bond donors (Lipinski definition) is 1. The van der Waals surface area contributed by atoms with E-state index in [0.717, 1.165) is 37.2 Å². The van der Waals surface area contributed by atoms with Crippen molar-refractivity contribution in [2.24, 2.45) is 5.41 Å². The summed E-state index contributed by atoms with van der Waals surface area (Å²) in [5.74, 6) is -0.330. The van der Waals surface area contributed by atoms with Crippen LogP contribution < -0.4 is 5.32 Å². The molecule has 1 heterocycles. The second kappa shape index (κ2) is 5.88. The third-order valence-corrected chi connectivity index (χ3v) is 4.26. The van der Waals surface area contributed by atoms with E-state index in [4.69, 9.17) is 0 Å². The maximum Gasteiger partial charge on any atom is 0.239 e. The molecule has 0 saturated carbocycles. The van der Waals surface area contributed by atoms with Crippen molar-refractivity contribution in [1.82, 2.24) is 4.90 Å². The van der Waals surface area contributed by atoms with Crippen molar-refractivity contribution in [3.8, 4) is 0 Å². The van der Waals surface area contributed by atoms with E-state index >= 15 is 0 Å². The van der Waals surface area contributed by atoms with Crippen molar-refractivity contribution in [3.63, 3.8) is 0 Å². The molecular weight excluding hydrogens is 264 g/mol. The first-order valence-corrected chi connectivity index (χ1v) is 7.50. The predicted molar refractivity (Wildman–Crippen MR) is 84.1 cm³/mol. The molecule has 4 nitrogen and oxygen atoms in total. The van der Waals surface area contributed by atoms with Crippen LogP contribution in [0, 0.1) is 19.3 Å². The van der Waals surface area contributed by atoms with Crippen LogP contribution in [0.3, 0.4) is 0 Å². The molecular formula is C17H24N2O2. The van der Waals surface area contributed by atoms with Gasteiger partial charge in [-0.2, -0.15) is 0 Å². The lowest BCUT2D eigenvalue weighted by atomic mass is 9.90. The molecule has 1 aromatic carbocycles. The Morgan fingerprint density at radius 3 is 2.29 bits per heavy atom. The van der Waals surface area contributed by atoms with Crippen LogP contribution in [0.25, 0.3) is 0 Å². The van der Waals surface area contributed by atoms with Crippen LogP contribution in [0.5, 0.6) is 0 Å². The minimum atomic E-state index is -1.04. The minimum Gasteiger partial charge on any atom is -0.342 e. The summed E-state index contributed by atoms with van der Waals surface area (Å²) in [6.07, 6.45) is 2.06. The molecule has 1 saturated heterocycles. The van der Waals surface area contributed by atoms with Gasteiger partial charge in [0.1, 0.15) is 5.41 Å². The van der Waals surface area contributed by atoms with Crippen molar-refractivity contribution in [2.45, 2.75) is 40.5 Å². The summed E-state index contributed by atoms with van der Waals surface area (Å²) in [4.78, 5) is 26.7. The average molecular weight is 288 g/mol. The molecule has 0 spiro atoms. The summed E-state index contributed by atoms with van der Waals surface area (Å²) in [5, 5.41) is 2.87. The van der Waals surface area contributed by atoms with Gasteiger partial charge in [0.05, 0.1) is 0 Å². The number of nitrogens with zero attached hydrogens (tertiary/aromatic N) is 1. The summed E-state index contributed by atoms with van der Waals surface area (Å²) in [7, 11) is 0. The number of hydrogen-bond acceptors (Lipinski definition) is 2. The highest BCUT2D eigenvalue weighted by molar-refractivity contribution is 6.09. The zero-order valence-corrected chi connectivity index (χ0v) is 13.3. The maximum atomic E-state index is 12.5. The molecule has 0 bridgehead atoms. The number of likely N-dealkylation sites (tertiary alicyclic amines) is 1. The van der Waals surface area contributed by atoms with E-state index in [9.17, 15) is 9.59 Å². The Morgan fingerprint density at radius 2 is 1.71 bits per heavy atom. The molecule has 0 unspecified atom stereocenters. The smallest absolute Gasteiger partial charge is 0.239 e. The van der Waals surface area contributed by atoms with Gasteiger partial charge in [-0.1, -0.05) is 6.07 Å². The Balaban J connectivity index is 2.10. The molecule has 1 aliphatic heterocycles.